The quantitative estimate of drug-likeness (QED) is 0.118. The number of rotatable bonds is 12. The fourth-order valence-corrected chi connectivity index (χ4v) is 2.07. The molecule has 0 rings (SSSR count). The Morgan fingerprint density at radius 3 is 1.43 bits per heavy atom. The van der Waals surface area contributed by atoms with Crippen LogP contribution in [0.2, 0.25) is 0 Å². The Bertz CT molecular complexity index is 376. The summed E-state index contributed by atoms with van der Waals surface area (Å²) in [5.41, 5.74) is 0. The molecular weight excluding hydrogens is 358 g/mol. The van der Waals surface area contributed by atoms with Gasteiger partial charge in [0, 0.05) is 0 Å². The largest absolute Gasteiger partial charge is 1.00 e. The van der Waals surface area contributed by atoms with Gasteiger partial charge in [-0.3, -0.25) is 4.18 Å². The second-order valence-electron chi connectivity index (χ2n) is 4.86. The zero-order chi connectivity index (χ0) is 17.5. The van der Waals surface area contributed by atoms with Gasteiger partial charge in [-0.25, -0.2) is 8.42 Å². The zero-order valence-electron chi connectivity index (χ0n) is 13.9. The number of hydrogen-bond acceptors (Lipinski definition) is 8. The molecule has 0 radical (unpaired) electrons. The molecule has 0 aromatic rings. The van der Waals surface area contributed by atoms with E-state index < -0.39 is 18.2 Å². The minimum absolute atomic E-state index is 0. The molecule has 8 nitrogen and oxygen atoms in total. The van der Waals surface area contributed by atoms with Crippen molar-refractivity contribution >= 4 is 18.2 Å². The van der Waals surface area contributed by atoms with Crippen LogP contribution in [0.3, 0.4) is 0 Å². The van der Waals surface area contributed by atoms with Gasteiger partial charge in [0.15, 0.2) is 0 Å². The fraction of sp³-hybridized carbons (Fsp3) is 1.00. The summed E-state index contributed by atoms with van der Waals surface area (Å²) >= 11 is 0. The Hall–Kier alpha value is 0.980. The van der Waals surface area contributed by atoms with Crippen LogP contribution < -0.4 is 44.2 Å². The third-order valence-corrected chi connectivity index (χ3v) is 3.18. The van der Waals surface area contributed by atoms with E-state index in [1.54, 1.807) is 0 Å². The van der Waals surface area contributed by atoms with E-state index in [0.29, 0.717) is 6.42 Å². The van der Waals surface area contributed by atoms with E-state index in [9.17, 15) is 13.0 Å². The molecule has 136 valence electrons. The minimum atomic E-state index is -5.39. The number of hydrogen-bond donors (Lipinski definition) is 0. The second kappa shape index (κ2) is 17.8. The van der Waals surface area contributed by atoms with E-state index >= 15 is 0 Å². The van der Waals surface area contributed by atoms with Crippen molar-refractivity contribution in [2.24, 2.45) is 0 Å². The van der Waals surface area contributed by atoms with E-state index in [1.807, 2.05) is 0 Å². The summed E-state index contributed by atoms with van der Waals surface area (Å²) in [6.07, 6.45) is 11.7. The SMILES string of the molecule is CCCCCCCCCCCCOS(=O)(=O)[O-].O=P([O-])([O-])[O-].[Na+]. The van der Waals surface area contributed by atoms with Crippen molar-refractivity contribution < 1.29 is 66.0 Å². The maximum atomic E-state index is 10.1. The normalized spacial score (nSPS) is 11.3. The molecule has 0 aliphatic rings. The number of unbranched alkanes of at least 4 members (excludes halogenated alkanes) is 9. The van der Waals surface area contributed by atoms with E-state index in [0.717, 1.165) is 12.8 Å². The molecule has 0 aromatic carbocycles. The molecule has 0 saturated carbocycles. The Morgan fingerprint density at radius 1 is 0.826 bits per heavy atom. The molecule has 23 heavy (non-hydrogen) atoms. The summed E-state index contributed by atoms with van der Waals surface area (Å²) in [7, 11) is -9.87. The van der Waals surface area contributed by atoms with Crippen LogP contribution in [0.4, 0.5) is 0 Å². The van der Waals surface area contributed by atoms with Gasteiger partial charge in [-0.15, -0.1) is 0 Å². The summed E-state index contributed by atoms with van der Waals surface area (Å²) in [6, 6.07) is 0. The molecule has 0 saturated heterocycles. The van der Waals surface area contributed by atoms with Crippen LogP contribution in [0.5, 0.6) is 0 Å². The summed E-state index contributed by atoms with van der Waals surface area (Å²) in [6.45, 7) is 2.24. The van der Waals surface area contributed by atoms with E-state index in [1.165, 1.54) is 44.9 Å². The topological polar surface area (TPSA) is 153 Å². The van der Waals surface area contributed by atoms with Gasteiger partial charge in [-0.05, 0) is 6.42 Å². The number of phosphoric acid groups is 1. The first-order valence-electron chi connectivity index (χ1n) is 7.39. The average Bonchev–Trinajstić information content (AvgIpc) is 2.32. The molecule has 0 spiro atoms. The Kier molecular flexibility index (Phi) is 22.3. The Labute approximate surface area is 161 Å². The van der Waals surface area contributed by atoms with E-state index in [4.69, 9.17) is 19.2 Å². The van der Waals surface area contributed by atoms with Gasteiger partial charge in [-0.1, -0.05) is 64.7 Å². The van der Waals surface area contributed by atoms with Crippen LogP contribution in [-0.2, 0) is 19.1 Å². The van der Waals surface area contributed by atoms with Gasteiger partial charge in [0.05, 0.1) is 6.61 Å². The Morgan fingerprint density at radius 2 is 1.13 bits per heavy atom. The van der Waals surface area contributed by atoms with Crippen LogP contribution in [0.1, 0.15) is 71.1 Å². The van der Waals surface area contributed by atoms with E-state index in [2.05, 4.69) is 11.1 Å². The predicted octanol–water partition coefficient (Wildman–Crippen LogP) is -2.44. The smallest absolute Gasteiger partial charge is 0.822 e. The first-order valence-corrected chi connectivity index (χ1v) is 10.2. The van der Waals surface area contributed by atoms with Gasteiger partial charge in [0.1, 0.15) is 0 Å². The third-order valence-electron chi connectivity index (χ3n) is 2.73. The van der Waals surface area contributed by atoms with Crippen molar-refractivity contribution in [2.75, 3.05) is 6.61 Å². The molecule has 0 atom stereocenters. The van der Waals surface area contributed by atoms with Crippen LogP contribution in [0, 0.1) is 0 Å². The van der Waals surface area contributed by atoms with Crippen molar-refractivity contribution in [3.05, 3.63) is 0 Å². The molecule has 0 heterocycles. The molecule has 11 heteroatoms. The molecule has 0 bridgehead atoms. The zero-order valence-corrected chi connectivity index (χ0v) is 17.6. The molecule has 0 aliphatic carbocycles. The van der Waals surface area contributed by atoms with Crippen LogP contribution in [0.25, 0.3) is 0 Å². The molecule has 0 unspecified atom stereocenters. The minimum Gasteiger partial charge on any atom is -0.822 e. The van der Waals surface area contributed by atoms with Gasteiger partial charge >= 0.3 is 29.6 Å². The molecule has 0 amide bonds. The van der Waals surface area contributed by atoms with Crippen LogP contribution in [0.15, 0.2) is 0 Å². The van der Waals surface area contributed by atoms with Gasteiger partial charge < -0.3 is 23.8 Å². The summed E-state index contributed by atoms with van der Waals surface area (Å²) < 4.78 is 43.0. The monoisotopic (exact) mass is 383 g/mol. The van der Waals surface area contributed by atoms with Crippen LogP contribution in [-0.4, -0.2) is 19.6 Å². The maximum Gasteiger partial charge on any atom is 1.00 e. The molecule has 0 aliphatic heterocycles. The van der Waals surface area contributed by atoms with Gasteiger partial charge in [-0.2, -0.15) is 7.82 Å². The summed E-state index contributed by atoms with van der Waals surface area (Å²) in [5, 5.41) is 0. The fourth-order valence-electron chi connectivity index (χ4n) is 1.75. The third kappa shape index (κ3) is 45.1. The molecule has 0 aromatic heterocycles. The van der Waals surface area contributed by atoms with E-state index in [-0.39, 0.29) is 36.2 Å². The van der Waals surface area contributed by atoms with Crippen molar-refractivity contribution in [3.63, 3.8) is 0 Å². The van der Waals surface area contributed by atoms with Crippen molar-refractivity contribution in [1.82, 2.24) is 0 Å². The second-order valence-corrected chi connectivity index (χ2v) is 6.81. The van der Waals surface area contributed by atoms with Crippen molar-refractivity contribution in [3.8, 4) is 0 Å². The van der Waals surface area contributed by atoms with Crippen molar-refractivity contribution in [2.45, 2.75) is 71.1 Å². The standard InChI is InChI=1S/C12H26O4S.Na.H3O4P/c1-2-3-4-5-6-7-8-9-10-11-12-16-17(13,14)15;;1-5(2,3)4/h2-12H2,1H3,(H,13,14,15);;(H3,1,2,3,4)/q;+1;/p-4. The summed E-state index contributed by atoms with van der Waals surface area (Å²) in [4.78, 5) is 25.6. The average molecular weight is 383 g/mol. The Balaban J connectivity index is -0.000000578. The first kappa shape index (κ1) is 28.8. The molecule has 0 fully saturated rings. The maximum absolute atomic E-state index is 10.1. The first-order chi connectivity index (χ1) is 10.1. The summed E-state index contributed by atoms with van der Waals surface area (Å²) in [5.74, 6) is 0. The molecule has 0 N–H and O–H groups in total. The van der Waals surface area contributed by atoms with Crippen LogP contribution >= 0.6 is 7.82 Å². The predicted molar refractivity (Wildman–Crippen MR) is 75.1 cm³/mol. The van der Waals surface area contributed by atoms with Crippen molar-refractivity contribution in [1.29, 1.82) is 0 Å². The van der Waals surface area contributed by atoms with Gasteiger partial charge in [0.2, 0.25) is 10.4 Å². The molecular formula is C12H25NaO8PS-3. The van der Waals surface area contributed by atoms with Gasteiger partial charge in [0.25, 0.3) is 0 Å².